The van der Waals surface area contributed by atoms with E-state index in [-0.39, 0.29) is 48.6 Å². The zero-order valence-electron chi connectivity index (χ0n) is 49.7. The first-order valence-corrected chi connectivity index (χ1v) is 33.4. The Bertz CT molecular complexity index is 1840. The minimum absolute atomic E-state index is 0.0173. The van der Waals surface area contributed by atoms with Gasteiger partial charge in [-0.3, -0.25) is 35.6 Å². The van der Waals surface area contributed by atoms with Crippen molar-refractivity contribution in [3.63, 3.8) is 0 Å². The second-order valence-electron chi connectivity index (χ2n) is 27.1. The van der Waals surface area contributed by atoms with Gasteiger partial charge < -0.3 is 41.0 Å². The number of fused-ring (bicyclic) bond motifs is 2. The molecule has 10 rings (SSSR count). The molecule has 17 heteroatoms. The van der Waals surface area contributed by atoms with Crippen molar-refractivity contribution in [1.82, 2.24) is 51.7 Å². The number of nitrogens with one attached hydrogen (secondary N) is 6. The lowest BCUT2D eigenvalue weighted by molar-refractivity contribution is -0.125. The van der Waals surface area contributed by atoms with E-state index in [0.29, 0.717) is 66.7 Å². The van der Waals surface area contributed by atoms with Gasteiger partial charge in [0.1, 0.15) is 18.5 Å². The maximum absolute atomic E-state index is 13.8. The molecule has 16 unspecified atom stereocenters. The van der Waals surface area contributed by atoms with Gasteiger partial charge in [0, 0.05) is 125 Å². The maximum Gasteiger partial charge on any atom is 0.242 e. The average molecular weight is 1110 g/mol. The van der Waals surface area contributed by atoms with E-state index in [1.54, 1.807) is 0 Å². The number of aliphatic hydroxyl groups is 2. The van der Waals surface area contributed by atoms with Crippen LogP contribution in [-0.2, 0) is 14.3 Å². The van der Waals surface area contributed by atoms with Crippen LogP contribution >= 0.6 is 11.8 Å². The summed E-state index contributed by atoms with van der Waals surface area (Å²) in [6.07, 6.45) is 18.8. The molecule has 0 aromatic heterocycles. The molecule has 7 heterocycles. The fraction of sp³-hybridized carbons (Fsp3) is 0.951. The van der Waals surface area contributed by atoms with E-state index in [9.17, 15) is 15.0 Å². The van der Waals surface area contributed by atoms with Crippen LogP contribution in [0.15, 0.2) is 12.3 Å². The molecule has 3 aliphatic carbocycles. The molecular formula is C61H113N11O5S. The zero-order valence-corrected chi connectivity index (χ0v) is 50.5. The van der Waals surface area contributed by atoms with Crippen molar-refractivity contribution in [1.29, 1.82) is 0 Å². The van der Waals surface area contributed by atoms with E-state index in [2.05, 4.69) is 97.8 Å². The van der Waals surface area contributed by atoms with E-state index >= 15 is 0 Å². The Morgan fingerprint density at radius 2 is 1.55 bits per heavy atom. The Kier molecular flexibility index (Phi) is 22.9. The second-order valence-corrected chi connectivity index (χ2v) is 28.2. The number of thioether (sulfide) groups is 1. The maximum atomic E-state index is 13.8. The molecule has 7 aliphatic heterocycles. The SMILES string of the molecule is C=C(C(C(C)C)C1CNC(OCCN2CCN(CCOC3CC(C45CCC(CN(C6CC(C7CCCCC7O)NNC6N)CC(C)C4)C5)CCN3)CC2)C1)N1CC(O)C[C@H]1C(=O)NCC1CCC(C2SCNC2C)CC1.CC. The number of carbonyl (C=O) groups excluding carboxylic acids is 1. The standard InChI is InChI=1S/C59H107N11O5S.C2H6/c1-38(2)55(41(5)70-36-47(71)28-51(70)58(73)63-32-42-10-12-44(13-11-42)56-40(4)64-37-76-56)45-26-53(62-33-45)74-24-22-67-18-20-68(21-19-67)23-25-75-54-27-46(15-17-61-54)59-16-14-43(31-59)35-69(34-39(3)30-59)50-29-49(65-66-57(50)60)48-8-6-7-9-52(48)72;1-2/h38-40,42-57,61-62,64-66,71-72H,5-37,60H2,1-4H3,(H,63,73);1-2H3/t39?,40?,42?,43?,44?,45?,46?,47?,48?,49?,50?,51-,52?,53?,54?,55?,56?,57?,59?;/m0./s1. The lowest BCUT2D eigenvalue weighted by Crippen LogP contribution is -2.69. The highest BCUT2D eigenvalue weighted by molar-refractivity contribution is 8.00. The Labute approximate surface area is 477 Å². The van der Waals surface area contributed by atoms with Crippen molar-refractivity contribution < 1.29 is 24.5 Å². The molecule has 2 bridgehead atoms. The molecular weight excluding hydrogens is 999 g/mol. The molecule has 0 aromatic carbocycles. The minimum Gasteiger partial charge on any atom is -0.393 e. The summed E-state index contributed by atoms with van der Waals surface area (Å²) in [4.78, 5) is 23.9. The normalized spacial score (nSPS) is 41.8. The highest BCUT2D eigenvalue weighted by Crippen LogP contribution is 2.55. The number of β-amino-alcohol motifs (C(OH)–C–C–N with tert-alkyl or cyclic N) is 1. The number of ether oxygens (including phenoxy) is 2. The lowest BCUT2D eigenvalue weighted by Gasteiger charge is -2.49. The van der Waals surface area contributed by atoms with Gasteiger partial charge in [-0.05, 0) is 150 Å². The van der Waals surface area contributed by atoms with E-state index in [0.717, 1.165) is 152 Å². The van der Waals surface area contributed by atoms with Gasteiger partial charge in [0.05, 0.1) is 31.6 Å². The molecule has 10 N–H and O–H groups in total. The number of amides is 1. The molecule has 1 amide bonds. The average Bonchev–Trinajstić information content (AvgIpc) is 4.44. The first-order valence-electron chi connectivity index (χ1n) is 32.4. The third-order valence-electron chi connectivity index (χ3n) is 21.6. The Morgan fingerprint density at radius 3 is 2.24 bits per heavy atom. The van der Waals surface area contributed by atoms with Crippen molar-refractivity contribution in [2.24, 2.45) is 64.4 Å². The highest BCUT2D eigenvalue weighted by Gasteiger charge is 2.50. The second kappa shape index (κ2) is 29.1. The van der Waals surface area contributed by atoms with Crippen LogP contribution < -0.4 is 37.9 Å². The monoisotopic (exact) mass is 1110 g/mol. The third-order valence-corrected chi connectivity index (χ3v) is 23.1. The summed E-state index contributed by atoms with van der Waals surface area (Å²) >= 11 is 2.09. The van der Waals surface area contributed by atoms with Crippen LogP contribution in [0.3, 0.4) is 0 Å². The topological polar surface area (TPSA) is 187 Å². The Morgan fingerprint density at radius 1 is 0.833 bits per heavy atom. The number of likely N-dealkylation sites (tertiary alicyclic amines) is 2. The Hall–Kier alpha value is -1.16. The molecule has 78 heavy (non-hydrogen) atoms. The Balaban J connectivity index is 0.00000366. The highest BCUT2D eigenvalue weighted by atomic mass is 32.2. The van der Waals surface area contributed by atoms with Gasteiger partial charge in [-0.25, -0.2) is 5.43 Å². The fourth-order valence-corrected chi connectivity index (χ4v) is 19.0. The van der Waals surface area contributed by atoms with Crippen LogP contribution in [0.25, 0.3) is 0 Å². The van der Waals surface area contributed by atoms with E-state index in [1.807, 2.05) is 13.8 Å². The zero-order chi connectivity index (χ0) is 54.9. The van der Waals surface area contributed by atoms with Gasteiger partial charge in [-0.1, -0.05) is 54.0 Å². The van der Waals surface area contributed by atoms with Crippen LogP contribution in [-0.4, -0.2) is 194 Å². The van der Waals surface area contributed by atoms with Crippen molar-refractivity contribution >= 4 is 17.7 Å². The summed E-state index contributed by atoms with van der Waals surface area (Å²) < 4.78 is 13.2. The van der Waals surface area contributed by atoms with Crippen LogP contribution in [0.1, 0.15) is 151 Å². The molecule has 10 aliphatic rings. The third kappa shape index (κ3) is 15.4. The first kappa shape index (κ1) is 61.4. The molecule has 17 atom stereocenters. The summed E-state index contributed by atoms with van der Waals surface area (Å²) in [5.74, 6) is 5.74. The first-order chi connectivity index (χ1) is 37.8. The number of nitrogens with zero attached hydrogens (tertiary/aromatic N) is 4. The number of carbonyl (C=O) groups is 1. The summed E-state index contributed by atoms with van der Waals surface area (Å²) in [6.45, 7) is 31.1. The van der Waals surface area contributed by atoms with Gasteiger partial charge in [0.25, 0.3) is 0 Å². The molecule has 16 nitrogen and oxygen atoms in total. The van der Waals surface area contributed by atoms with Crippen molar-refractivity contribution in [3.8, 4) is 0 Å². The van der Waals surface area contributed by atoms with Gasteiger partial charge in [-0.2, -0.15) is 0 Å². The number of piperazine rings is 1. The summed E-state index contributed by atoms with van der Waals surface area (Å²) in [6, 6.07) is 0.811. The molecule has 0 radical (unpaired) electrons. The number of aliphatic hydroxyl groups excluding tert-OH is 2. The number of hydrogen-bond acceptors (Lipinski definition) is 16. The summed E-state index contributed by atoms with van der Waals surface area (Å²) in [5.41, 5.74) is 15.2. The number of rotatable bonds is 19. The van der Waals surface area contributed by atoms with Gasteiger partial charge in [0.2, 0.25) is 5.91 Å². The molecule has 0 spiro atoms. The minimum atomic E-state index is -0.522. The largest absolute Gasteiger partial charge is 0.393 e. The number of piperidine rings is 1. The molecule has 10 fully saturated rings. The molecule has 448 valence electrons. The summed E-state index contributed by atoms with van der Waals surface area (Å²) in [5, 5.41) is 36.9. The number of nitrogens with two attached hydrogens (primary N) is 1. The van der Waals surface area contributed by atoms with Gasteiger partial charge in [0.15, 0.2) is 0 Å². The van der Waals surface area contributed by atoms with Crippen LogP contribution in [0.4, 0.5) is 0 Å². The summed E-state index contributed by atoms with van der Waals surface area (Å²) in [7, 11) is 0. The van der Waals surface area contributed by atoms with Crippen LogP contribution in [0.2, 0.25) is 0 Å². The smallest absolute Gasteiger partial charge is 0.242 e. The van der Waals surface area contributed by atoms with Crippen LogP contribution in [0.5, 0.6) is 0 Å². The van der Waals surface area contributed by atoms with E-state index < -0.39 is 6.10 Å². The fourth-order valence-electron chi connectivity index (χ4n) is 17.5. The lowest BCUT2D eigenvalue weighted by atomic mass is 9.64. The predicted molar refractivity (Wildman–Crippen MR) is 316 cm³/mol. The van der Waals surface area contributed by atoms with Crippen molar-refractivity contribution in [2.45, 2.75) is 211 Å². The van der Waals surface area contributed by atoms with Crippen molar-refractivity contribution in [3.05, 3.63) is 12.3 Å². The number of hydrazine groups is 1. The van der Waals surface area contributed by atoms with Crippen LogP contribution in [0, 0.1) is 58.7 Å². The molecule has 7 saturated heterocycles. The number of hydrogen-bond donors (Lipinski definition) is 9. The van der Waals surface area contributed by atoms with Gasteiger partial charge in [-0.15, -0.1) is 11.8 Å². The molecule has 3 saturated carbocycles. The van der Waals surface area contributed by atoms with E-state index in [1.165, 1.54) is 64.2 Å². The predicted octanol–water partition coefficient (Wildman–Crippen LogP) is 5.32. The molecule has 0 aromatic rings. The number of allylic oxidation sites excluding steroid dienone is 1. The quantitative estimate of drug-likeness (QED) is 0.0809. The van der Waals surface area contributed by atoms with E-state index in [4.69, 9.17) is 15.2 Å². The van der Waals surface area contributed by atoms with Gasteiger partial charge >= 0.3 is 0 Å². The van der Waals surface area contributed by atoms with Crippen molar-refractivity contribution in [2.75, 3.05) is 97.6 Å².